The van der Waals surface area contributed by atoms with Gasteiger partial charge in [0.25, 0.3) is 0 Å². The van der Waals surface area contributed by atoms with Gasteiger partial charge in [-0.25, -0.2) is 4.79 Å². The molecule has 0 heterocycles. The van der Waals surface area contributed by atoms with E-state index in [0.717, 1.165) is 12.0 Å². The van der Waals surface area contributed by atoms with E-state index in [1.165, 1.54) is 89.4 Å². The SMILES string of the molecule is CCCCCCCCCCCCc1ccc(CCC(CO)(CO)NC(=O)OC(C)(C)C)cc1.CCN(CC)CC. The van der Waals surface area contributed by atoms with Crippen LogP contribution < -0.4 is 5.32 Å². The van der Waals surface area contributed by atoms with Crippen molar-refractivity contribution in [3.05, 3.63) is 35.4 Å². The summed E-state index contributed by atoms with van der Waals surface area (Å²) in [7, 11) is 0. The molecule has 6 heteroatoms. The standard InChI is InChI=1S/C28H49NO4.C6H15N/c1-5-6-7-8-9-10-11-12-13-14-15-24-16-18-25(19-17-24)20-21-28(22-30,23-31)29-26(32)33-27(2,3)4;1-4-7(5-2)6-3/h16-19,30-31H,5-15,20-23H2,1-4H3,(H,29,32);4-6H2,1-3H3. The van der Waals surface area contributed by atoms with Crippen molar-refractivity contribution < 1.29 is 19.7 Å². The number of alkyl carbamates (subject to hydrolysis) is 1. The van der Waals surface area contributed by atoms with Crippen LogP contribution in [0.25, 0.3) is 0 Å². The minimum absolute atomic E-state index is 0.348. The third-order valence-electron chi connectivity index (χ3n) is 7.45. The van der Waals surface area contributed by atoms with Gasteiger partial charge < -0.3 is 25.2 Å². The van der Waals surface area contributed by atoms with Crippen molar-refractivity contribution in [1.29, 1.82) is 0 Å². The van der Waals surface area contributed by atoms with Crippen LogP contribution in [0.15, 0.2) is 24.3 Å². The second-order valence-electron chi connectivity index (χ2n) is 12.1. The number of nitrogens with one attached hydrogen (secondary N) is 1. The van der Waals surface area contributed by atoms with Crippen LogP contribution in [0.5, 0.6) is 0 Å². The first-order valence-electron chi connectivity index (χ1n) is 16.1. The zero-order valence-electron chi connectivity index (χ0n) is 27.2. The Bertz CT molecular complexity index is 717. The molecule has 0 aromatic heterocycles. The first-order valence-corrected chi connectivity index (χ1v) is 16.1. The van der Waals surface area contributed by atoms with Gasteiger partial charge in [-0.2, -0.15) is 0 Å². The number of unbranched alkanes of at least 4 members (excludes halogenated alkanes) is 9. The second-order valence-corrected chi connectivity index (χ2v) is 12.1. The Hall–Kier alpha value is -1.63. The lowest BCUT2D eigenvalue weighted by atomic mass is 9.92. The van der Waals surface area contributed by atoms with Crippen molar-refractivity contribution in [3.63, 3.8) is 0 Å². The number of carbonyl (C=O) groups excluding carboxylic acids is 1. The lowest BCUT2D eigenvalue weighted by molar-refractivity contribution is 0.0276. The molecule has 1 amide bonds. The maximum absolute atomic E-state index is 12.1. The Morgan fingerprint density at radius 2 is 1.15 bits per heavy atom. The molecule has 0 spiro atoms. The van der Waals surface area contributed by atoms with Gasteiger partial charge in [0.1, 0.15) is 5.60 Å². The summed E-state index contributed by atoms with van der Waals surface area (Å²) in [5, 5.41) is 22.3. The summed E-state index contributed by atoms with van der Waals surface area (Å²) in [6, 6.07) is 8.56. The third kappa shape index (κ3) is 19.4. The van der Waals surface area contributed by atoms with Crippen LogP contribution in [0.2, 0.25) is 0 Å². The van der Waals surface area contributed by atoms with E-state index in [0.29, 0.717) is 12.8 Å². The maximum atomic E-state index is 12.1. The van der Waals surface area contributed by atoms with E-state index in [2.05, 4.69) is 62.2 Å². The number of aliphatic hydroxyl groups excluding tert-OH is 2. The molecule has 0 radical (unpaired) electrons. The van der Waals surface area contributed by atoms with Crippen LogP contribution in [0, 0.1) is 0 Å². The van der Waals surface area contributed by atoms with Gasteiger partial charge in [-0.15, -0.1) is 0 Å². The molecule has 6 nitrogen and oxygen atoms in total. The molecule has 0 fully saturated rings. The predicted molar refractivity (Wildman–Crippen MR) is 170 cm³/mol. The largest absolute Gasteiger partial charge is 0.444 e. The number of benzene rings is 1. The van der Waals surface area contributed by atoms with E-state index in [9.17, 15) is 15.0 Å². The fourth-order valence-electron chi connectivity index (χ4n) is 4.61. The molecular weight excluding hydrogens is 500 g/mol. The Morgan fingerprint density at radius 3 is 1.52 bits per heavy atom. The van der Waals surface area contributed by atoms with E-state index >= 15 is 0 Å². The molecule has 40 heavy (non-hydrogen) atoms. The highest BCUT2D eigenvalue weighted by Crippen LogP contribution is 2.18. The number of hydrogen-bond donors (Lipinski definition) is 3. The molecule has 3 N–H and O–H groups in total. The molecule has 234 valence electrons. The zero-order chi connectivity index (χ0) is 30.3. The first kappa shape index (κ1) is 38.4. The monoisotopic (exact) mass is 564 g/mol. The molecular formula is C34H64N2O4. The van der Waals surface area contributed by atoms with Crippen LogP contribution in [0.4, 0.5) is 4.79 Å². The van der Waals surface area contributed by atoms with E-state index in [-0.39, 0.29) is 13.2 Å². The van der Waals surface area contributed by atoms with Crippen molar-refractivity contribution in [2.24, 2.45) is 0 Å². The molecule has 1 aromatic rings. The summed E-state index contributed by atoms with van der Waals surface area (Å²) in [4.78, 5) is 14.5. The van der Waals surface area contributed by atoms with Gasteiger partial charge in [-0.1, -0.05) is 110 Å². The van der Waals surface area contributed by atoms with Crippen LogP contribution in [-0.4, -0.2) is 65.2 Å². The fraction of sp³-hybridized carbons (Fsp3) is 0.794. The molecule has 1 aromatic carbocycles. The van der Waals surface area contributed by atoms with Gasteiger partial charge in [-0.05, 0) is 77.2 Å². The van der Waals surface area contributed by atoms with Gasteiger partial charge in [-0.3, -0.25) is 0 Å². The summed E-state index contributed by atoms with van der Waals surface area (Å²) in [6.07, 6.45) is 15.0. The fourth-order valence-corrected chi connectivity index (χ4v) is 4.61. The number of ether oxygens (including phenoxy) is 1. The Kier molecular flexibility index (Phi) is 22.1. The molecule has 0 saturated carbocycles. The van der Waals surface area contributed by atoms with Crippen LogP contribution in [0.1, 0.15) is 130 Å². The Labute approximate surface area is 247 Å². The van der Waals surface area contributed by atoms with Crippen molar-refractivity contribution in [1.82, 2.24) is 10.2 Å². The summed E-state index contributed by atoms with van der Waals surface area (Å²) in [6.45, 7) is 17.0. The summed E-state index contributed by atoms with van der Waals surface area (Å²) in [5.74, 6) is 0. The summed E-state index contributed by atoms with van der Waals surface area (Å²) in [5.41, 5.74) is 0.738. The van der Waals surface area contributed by atoms with Gasteiger partial charge in [0, 0.05) is 0 Å². The molecule has 0 aliphatic heterocycles. The maximum Gasteiger partial charge on any atom is 0.408 e. The average Bonchev–Trinajstić information content (AvgIpc) is 2.93. The molecule has 0 bridgehead atoms. The van der Waals surface area contributed by atoms with Gasteiger partial charge in [0.15, 0.2) is 0 Å². The number of aliphatic hydroxyl groups is 2. The van der Waals surface area contributed by atoms with Crippen molar-refractivity contribution >= 4 is 6.09 Å². The highest BCUT2D eigenvalue weighted by molar-refractivity contribution is 5.68. The second kappa shape index (κ2) is 23.0. The normalized spacial score (nSPS) is 11.8. The minimum atomic E-state index is -1.10. The van der Waals surface area contributed by atoms with Crippen molar-refractivity contribution in [2.45, 2.75) is 143 Å². The van der Waals surface area contributed by atoms with Crippen LogP contribution >= 0.6 is 0 Å². The lowest BCUT2D eigenvalue weighted by Crippen LogP contribution is -2.55. The topological polar surface area (TPSA) is 82.0 Å². The molecule has 0 unspecified atom stereocenters. The molecule has 0 saturated heterocycles. The Balaban J connectivity index is 0.00000191. The van der Waals surface area contributed by atoms with E-state index in [4.69, 9.17) is 4.74 Å². The van der Waals surface area contributed by atoms with Gasteiger partial charge >= 0.3 is 6.09 Å². The molecule has 1 rings (SSSR count). The summed E-state index contributed by atoms with van der Waals surface area (Å²) >= 11 is 0. The minimum Gasteiger partial charge on any atom is -0.444 e. The van der Waals surface area contributed by atoms with Gasteiger partial charge in [0.05, 0.1) is 18.8 Å². The lowest BCUT2D eigenvalue weighted by Gasteiger charge is -2.32. The highest BCUT2D eigenvalue weighted by atomic mass is 16.6. The van der Waals surface area contributed by atoms with E-state index < -0.39 is 17.2 Å². The zero-order valence-corrected chi connectivity index (χ0v) is 27.2. The number of rotatable bonds is 20. The molecule has 0 aliphatic carbocycles. The molecule has 0 atom stereocenters. The van der Waals surface area contributed by atoms with Crippen LogP contribution in [0.3, 0.4) is 0 Å². The summed E-state index contributed by atoms with van der Waals surface area (Å²) < 4.78 is 5.28. The van der Waals surface area contributed by atoms with Crippen molar-refractivity contribution in [3.8, 4) is 0 Å². The first-order chi connectivity index (χ1) is 19.1. The number of hydrogen-bond acceptors (Lipinski definition) is 5. The van der Waals surface area contributed by atoms with Crippen LogP contribution in [-0.2, 0) is 17.6 Å². The molecule has 0 aliphatic rings. The number of amides is 1. The number of nitrogens with zero attached hydrogens (tertiary/aromatic N) is 1. The van der Waals surface area contributed by atoms with Gasteiger partial charge in [0.2, 0.25) is 0 Å². The Morgan fingerprint density at radius 1 is 0.725 bits per heavy atom. The van der Waals surface area contributed by atoms with Crippen molar-refractivity contribution in [2.75, 3.05) is 32.8 Å². The van der Waals surface area contributed by atoms with E-state index in [1.54, 1.807) is 20.8 Å². The highest BCUT2D eigenvalue weighted by Gasteiger charge is 2.32. The number of carbonyl (C=O) groups is 1. The van der Waals surface area contributed by atoms with E-state index in [1.807, 2.05) is 0 Å². The predicted octanol–water partition coefficient (Wildman–Crippen LogP) is 7.68. The smallest absolute Gasteiger partial charge is 0.408 e. The average molecular weight is 565 g/mol. The third-order valence-corrected chi connectivity index (χ3v) is 7.45. The number of aryl methyl sites for hydroxylation is 2. The quantitative estimate of drug-likeness (QED) is 0.142.